The number of nitrogens with one attached hydrogen (secondary N) is 1. The third kappa shape index (κ3) is 3.13. The van der Waals surface area contributed by atoms with Crippen molar-refractivity contribution in [2.75, 3.05) is 0 Å². The van der Waals surface area contributed by atoms with Crippen molar-refractivity contribution in [2.24, 2.45) is 24.8 Å². The van der Waals surface area contributed by atoms with Crippen LogP contribution in [0.5, 0.6) is 0 Å². The SMILES string of the molecule is CC1C[C@H](C(=O)NCc2ccn(C)n2)[C@H](C(=O)O)C1. The smallest absolute Gasteiger partial charge is 0.307 e. The first kappa shape index (κ1) is 13.6. The second kappa shape index (κ2) is 5.42. The summed E-state index contributed by atoms with van der Waals surface area (Å²) in [5, 5.41) is 16.1. The monoisotopic (exact) mass is 265 g/mol. The van der Waals surface area contributed by atoms with Gasteiger partial charge in [-0.15, -0.1) is 0 Å². The molecule has 3 atom stereocenters. The van der Waals surface area contributed by atoms with Gasteiger partial charge in [-0.2, -0.15) is 5.10 Å². The number of carboxylic acids is 1. The molecule has 0 bridgehead atoms. The van der Waals surface area contributed by atoms with Crippen LogP contribution in [0, 0.1) is 17.8 Å². The van der Waals surface area contributed by atoms with Crippen LogP contribution in [0.3, 0.4) is 0 Å². The summed E-state index contributed by atoms with van der Waals surface area (Å²) in [4.78, 5) is 23.2. The highest BCUT2D eigenvalue weighted by Gasteiger charge is 2.41. The zero-order chi connectivity index (χ0) is 14.0. The fourth-order valence-electron chi connectivity index (χ4n) is 2.72. The highest BCUT2D eigenvalue weighted by Crippen LogP contribution is 2.36. The summed E-state index contributed by atoms with van der Waals surface area (Å²) in [6.07, 6.45) is 3.03. The van der Waals surface area contributed by atoms with Crippen molar-refractivity contribution in [3.05, 3.63) is 18.0 Å². The summed E-state index contributed by atoms with van der Waals surface area (Å²) >= 11 is 0. The molecule has 6 nitrogen and oxygen atoms in total. The van der Waals surface area contributed by atoms with Gasteiger partial charge in [0.2, 0.25) is 5.91 Å². The standard InChI is InChI=1S/C13H19N3O3/c1-8-5-10(11(6-8)13(18)19)12(17)14-7-9-3-4-16(2)15-9/h3-4,8,10-11H,5-7H2,1-2H3,(H,14,17)(H,18,19)/t8?,10-,11+/m0/s1. The van der Waals surface area contributed by atoms with Crippen LogP contribution >= 0.6 is 0 Å². The van der Waals surface area contributed by atoms with E-state index in [1.54, 1.807) is 10.9 Å². The zero-order valence-corrected chi connectivity index (χ0v) is 11.2. The molecule has 0 spiro atoms. The molecular formula is C13H19N3O3. The molecule has 0 aliphatic heterocycles. The predicted molar refractivity (Wildman–Crippen MR) is 68.1 cm³/mol. The maximum atomic E-state index is 12.1. The third-order valence-corrected chi connectivity index (χ3v) is 3.66. The second-order valence-corrected chi connectivity index (χ2v) is 5.33. The van der Waals surface area contributed by atoms with Crippen LogP contribution < -0.4 is 5.32 Å². The summed E-state index contributed by atoms with van der Waals surface area (Å²) < 4.78 is 1.67. The highest BCUT2D eigenvalue weighted by atomic mass is 16.4. The Hall–Kier alpha value is -1.85. The molecular weight excluding hydrogens is 246 g/mol. The van der Waals surface area contributed by atoms with Gasteiger partial charge in [0.15, 0.2) is 0 Å². The van der Waals surface area contributed by atoms with Crippen molar-refractivity contribution in [1.82, 2.24) is 15.1 Å². The topological polar surface area (TPSA) is 84.2 Å². The van der Waals surface area contributed by atoms with E-state index in [1.807, 2.05) is 20.0 Å². The molecule has 1 aliphatic rings. The summed E-state index contributed by atoms with van der Waals surface area (Å²) in [7, 11) is 1.81. The molecule has 1 fully saturated rings. The van der Waals surface area contributed by atoms with E-state index in [0.29, 0.717) is 19.4 Å². The summed E-state index contributed by atoms with van der Waals surface area (Å²) in [5.41, 5.74) is 0.772. The molecule has 2 rings (SSSR count). The minimum atomic E-state index is -0.873. The lowest BCUT2D eigenvalue weighted by molar-refractivity contribution is -0.146. The van der Waals surface area contributed by atoms with Crippen molar-refractivity contribution >= 4 is 11.9 Å². The van der Waals surface area contributed by atoms with Crippen molar-refractivity contribution in [2.45, 2.75) is 26.3 Å². The highest BCUT2D eigenvalue weighted by molar-refractivity contribution is 5.85. The largest absolute Gasteiger partial charge is 0.481 e. The molecule has 0 radical (unpaired) electrons. The number of rotatable bonds is 4. The molecule has 1 amide bonds. The number of aliphatic carboxylic acids is 1. The van der Waals surface area contributed by atoms with Crippen LogP contribution in [-0.4, -0.2) is 26.8 Å². The Kier molecular flexibility index (Phi) is 3.87. The molecule has 6 heteroatoms. The molecule has 0 aromatic carbocycles. The van der Waals surface area contributed by atoms with Crippen molar-refractivity contribution in [3.8, 4) is 0 Å². The van der Waals surface area contributed by atoms with Gasteiger partial charge >= 0.3 is 5.97 Å². The summed E-state index contributed by atoms with van der Waals surface area (Å²) in [6, 6.07) is 1.83. The number of hydrogen-bond acceptors (Lipinski definition) is 3. The Balaban J connectivity index is 1.93. The number of aryl methyl sites for hydroxylation is 1. The van der Waals surface area contributed by atoms with Crippen molar-refractivity contribution in [1.29, 1.82) is 0 Å². The number of amides is 1. The molecule has 2 N–H and O–H groups in total. The number of hydrogen-bond donors (Lipinski definition) is 2. The van der Waals surface area contributed by atoms with E-state index < -0.39 is 17.8 Å². The molecule has 1 aromatic rings. The molecule has 1 unspecified atom stereocenters. The van der Waals surface area contributed by atoms with Gasteiger partial charge in [-0.1, -0.05) is 6.92 Å². The predicted octanol–water partition coefficient (Wildman–Crippen LogP) is 0.783. The zero-order valence-electron chi connectivity index (χ0n) is 11.2. The van der Waals surface area contributed by atoms with Crippen LogP contribution in [0.2, 0.25) is 0 Å². The minimum Gasteiger partial charge on any atom is -0.481 e. The van der Waals surface area contributed by atoms with Gasteiger partial charge in [0, 0.05) is 13.2 Å². The first-order chi connectivity index (χ1) is 8.97. The fraction of sp³-hybridized carbons (Fsp3) is 0.615. The molecule has 0 saturated heterocycles. The van der Waals surface area contributed by atoms with Crippen LogP contribution in [0.15, 0.2) is 12.3 Å². The number of carbonyl (C=O) groups is 2. The first-order valence-electron chi connectivity index (χ1n) is 6.46. The van der Waals surface area contributed by atoms with Crippen LogP contribution in [0.4, 0.5) is 0 Å². The molecule has 1 aromatic heterocycles. The lowest BCUT2D eigenvalue weighted by Gasteiger charge is -2.14. The lowest BCUT2D eigenvalue weighted by atomic mass is 9.95. The van der Waals surface area contributed by atoms with Gasteiger partial charge in [-0.25, -0.2) is 0 Å². The van der Waals surface area contributed by atoms with Crippen LogP contribution in [0.25, 0.3) is 0 Å². The van der Waals surface area contributed by atoms with E-state index >= 15 is 0 Å². The average molecular weight is 265 g/mol. The van der Waals surface area contributed by atoms with Crippen molar-refractivity contribution < 1.29 is 14.7 Å². The lowest BCUT2D eigenvalue weighted by Crippen LogP contribution is -2.35. The maximum absolute atomic E-state index is 12.1. The molecule has 19 heavy (non-hydrogen) atoms. The Morgan fingerprint density at radius 3 is 2.74 bits per heavy atom. The van der Waals surface area contributed by atoms with E-state index in [0.717, 1.165) is 5.69 Å². The summed E-state index contributed by atoms with van der Waals surface area (Å²) in [6.45, 7) is 2.33. The molecule has 104 valence electrons. The second-order valence-electron chi connectivity index (χ2n) is 5.33. The number of aromatic nitrogens is 2. The number of carbonyl (C=O) groups excluding carboxylic acids is 1. The molecule has 1 aliphatic carbocycles. The quantitative estimate of drug-likeness (QED) is 0.842. The number of carboxylic acid groups (broad SMARTS) is 1. The van der Waals surface area contributed by atoms with E-state index in [2.05, 4.69) is 10.4 Å². The van der Waals surface area contributed by atoms with E-state index in [4.69, 9.17) is 5.11 Å². The van der Waals surface area contributed by atoms with Gasteiger partial charge < -0.3 is 10.4 Å². The van der Waals surface area contributed by atoms with Gasteiger partial charge in [0.25, 0.3) is 0 Å². The van der Waals surface area contributed by atoms with Gasteiger partial charge in [0.1, 0.15) is 0 Å². The maximum Gasteiger partial charge on any atom is 0.307 e. The molecule has 1 heterocycles. The normalized spacial score (nSPS) is 26.3. The third-order valence-electron chi connectivity index (χ3n) is 3.66. The van der Waals surface area contributed by atoms with E-state index in [-0.39, 0.29) is 11.8 Å². The van der Waals surface area contributed by atoms with E-state index in [1.165, 1.54) is 0 Å². The summed E-state index contributed by atoms with van der Waals surface area (Å²) in [5.74, 6) is -1.74. The Morgan fingerprint density at radius 1 is 1.47 bits per heavy atom. The Bertz CT molecular complexity index is 483. The fourth-order valence-corrected chi connectivity index (χ4v) is 2.72. The number of nitrogens with zero attached hydrogens (tertiary/aromatic N) is 2. The van der Waals surface area contributed by atoms with Crippen LogP contribution in [0.1, 0.15) is 25.5 Å². The van der Waals surface area contributed by atoms with Crippen molar-refractivity contribution in [3.63, 3.8) is 0 Å². The van der Waals surface area contributed by atoms with Gasteiger partial charge in [-0.3, -0.25) is 14.3 Å². The minimum absolute atomic E-state index is 0.178. The Morgan fingerprint density at radius 2 is 2.16 bits per heavy atom. The Labute approximate surface area is 111 Å². The molecule has 1 saturated carbocycles. The van der Waals surface area contributed by atoms with Gasteiger partial charge in [-0.05, 0) is 24.8 Å². The van der Waals surface area contributed by atoms with Gasteiger partial charge in [0.05, 0.1) is 24.1 Å². The van der Waals surface area contributed by atoms with Crippen LogP contribution in [-0.2, 0) is 23.2 Å². The first-order valence-corrected chi connectivity index (χ1v) is 6.46. The average Bonchev–Trinajstić information content (AvgIpc) is 2.92. The van der Waals surface area contributed by atoms with E-state index in [9.17, 15) is 9.59 Å².